The van der Waals surface area contributed by atoms with Crippen molar-refractivity contribution in [2.75, 3.05) is 19.6 Å². The van der Waals surface area contributed by atoms with Crippen molar-refractivity contribution < 1.29 is 4.39 Å². The smallest absolute Gasteiger partial charge is 0.128 e. The Morgan fingerprint density at radius 1 is 1.20 bits per heavy atom. The first-order valence-electron chi connectivity index (χ1n) is 7.53. The van der Waals surface area contributed by atoms with Crippen LogP contribution in [0.1, 0.15) is 51.1 Å². The molecule has 0 aliphatic rings. The maximum absolute atomic E-state index is 14.1. The zero-order valence-corrected chi connectivity index (χ0v) is 14.1. The Labute approximate surface area is 130 Å². The van der Waals surface area contributed by atoms with E-state index in [-0.39, 0.29) is 11.9 Å². The summed E-state index contributed by atoms with van der Waals surface area (Å²) in [4.78, 5) is 2.33. The highest BCUT2D eigenvalue weighted by Crippen LogP contribution is 2.26. The highest BCUT2D eigenvalue weighted by atomic mass is 79.9. The van der Waals surface area contributed by atoms with Gasteiger partial charge in [-0.05, 0) is 44.1 Å². The van der Waals surface area contributed by atoms with Crippen LogP contribution in [0.3, 0.4) is 0 Å². The number of rotatable bonds is 9. The van der Waals surface area contributed by atoms with Gasteiger partial charge >= 0.3 is 0 Å². The summed E-state index contributed by atoms with van der Waals surface area (Å²) in [5.74, 6) is -0.165. The van der Waals surface area contributed by atoms with Crippen LogP contribution in [0.4, 0.5) is 4.39 Å². The van der Waals surface area contributed by atoms with Crippen molar-refractivity contribution in [3.8, 4) is 0 Å². The van der Waals surface area contributed by atoms with Crippen molar-refractivity contribution in [1.82, 2.24) is 4.90 Å². The van der Waals surface area contributed by atoms with Gasteiger partial charge in [-0.2, -0.15) is 0 Å². The zero-order valence-electron chi connectivity index (χ0n) is 12.5. The van der Waals surface area contributed by atoms with Crippen LogP contribution in [0.15, 0.2) is 22.7 Å². The van der Waals surface area contributed by atoms with Crippen LogP contribution in [-0.4, -0.2) is 24.5 Å². The van der Waals surface area contributed by atoms with Gasteiger partial charge in [0.15, 0.2) is 0 Å². The van der Waals surface area contributed by atoms with Gasteiger partial charge in [-0.3, -0.25) is 4.90 Å². The highest BCUT2D eigenvalue weighted by Gasteiger charge is 2.21. The molecule has 2 nitrogen and oxygen atoms in total. The minimum Gasteiger partial charge on any atom is -0.329 e. The molecule has 0 aliphatic carbocycles. The lowest BCUT2D eigenvalue weighted by Gasteiger charge is -2.31. The maximum Gasteiger partial charge on any atom is 0.128 e. The van der Waals surface area contributed by atoms with Gasteiger partial charge in [0.25, 0.3) is 0 Å². The number of nitrogens with two attached hydrogens (primary N) is 1. The van der Waals surface area contributed by atoms with Crippen molar-refractivity contribution in [3.63, 3.8) is 0 Å². The minimum atomic E-state index is -0.165. The third kappa shape index (κ3) is 5.15. The van der Waals surface area contributed by atoms with Crippen molar-refractivity contribution in [1.29, 1.82) is 0 Å². The molecule has 0 radical (unpaired) electrons. The number of hydrogen-bond donors (Lipinski definition) is 1. The molecule has 4 heteroatoms. The predicted molar refractivity (Wildman–Crippen MR) is 87.3 cm³/mol. The minimum absolute atomic E-state index is 0.0365. The molecular formula is C16H26BrFN2. The lowest BCUT2D eigenvalue weighted by atomic mass is 10.0. The average molecular weight is 345 g/mol. The molecule has 0 bridgehead atoms. The van der Waals surface area contributed by atoms with E-state index >= 15 is 0 Å². The zero-order chi connectivity index (χ0) is 15.0. The summed E-state index contributed by atoms with van der Waals surface area (Å²) >= 11 is 3.42. The summed E-state index contributed by atoms with van der Waals surface area (Å²) in [5.41, 5.74) is 6.65. The van der Waals surface area contributed by atoms with E-state index in [0.717, 1.165) is 43.2 Å². The monoisotopic (exact) mass is 344 g/mol. The SMILES string of the molecule is CCCCN(CCCC)C(CN)c1cc(Br)ccc1F. The fourth-order valence-corrected chi connectivity index (χ4v) is 2.77. The van der Waals surface area contributed by atoms with Gasteiger partial charge in [-0.1, -0.05) is 42.6 Å². The lowest BCUT2D eigenvalue weighted by Crippen LogP contribution is -2.36. The molecule has 1 aromatic carbocycles. The molecule has 1 unspecified atom stereocenters. The predicted octanol–water partition coefficient (Wildman–Crippen LogP) is 4.49. The molecule has 0 saturated carbocycles. The van der Waals surface area contributed by atoms with Gasteiger partial charge < -0.3 is 5.73 Å². The highest BCUT2D eigenvalue weighted by molar-refractivity contribution is 9.10. The van der Waals surface area contributed by atoms with Crippen LogP contribution in [0.5, 0.6) is 0 Å². The molecule has 0 heterocycles. The number of nitrogens with zero attached hydrogens (tertiary/aromatic N) is 1. The van der Waals surface area contributed by atoms with E-state index in [1.165, 1.54) is 6.07 Å². The first kappa shape index (κ1) is 17.6. The summed E-state index contributed by atoms with van der Waals surface area (Å²) in [5, 5.41) is 0. The van der Waals surface area contributed by atoms with Crippen LogP contribution in [0.25, 0.3) is 0 Å². The second-order valence-electron chi connectivity index (χ2n) is 5.16. The van der Waals surface area contributed by atoms with Gasteiger partial charge in [-0.15, -0.1) is 0 Å². The van der Waals surface area contributed by atoms with Crippen LogP contribution in [0.2, 0.25) is 0 Å². The molecular weight excluding hydrogens is 319 g/mol. The first-order valence-corrected chi connectivity index (χ1v) is 8.32. The van der Waals surface area contributed by atoms with Crippen molar-refractivity contribution in [3.05, 3.63) is 34.1 Å². The van der Waals surface area contributed by atoms with Gasteiger partial charge in [-0.25, -0.2) is 4.39 Å². The standard InChI is InChI=1S/C16H26BrFN2/c1-3-5-9-20(10-6-4-2)16(12-19)14-11-13(17)7-8-15(14)18/h7-8,11,16H,3-6,9-10,12,19H2,1-2H3. The second-order valence-corrected chi connectivity index (χ2v) is 6.08. The van der Waals surface area contributed by atoms with Gasteiger partial charge in [0.05, 0.1) is 0 Å². The number of hydrogen-bond acceptors (Lipinski definition) is 2. The van der Waals surface area contributed by atoms with Crippen molar-refractivity contribution in [2.45, 2.75) is 45.6 Å². The fraction of sp³-hybridized carbons (Fsp3) is 0.625. The van der Waals surface area contributed by atoms with E-state index in [9.17, 15) is 4.39 Å². The molecule has 114 valence electrons. The molecule has 0 fully saturated rings. The Morgan fingerprint density at radius 2 is 1.80 bits per heavy atom. The van der Waals surface area contributed by atoms with Crippen LogP contribution < -0.4 is 5.73 Å². The second kappa shape index (κ2) is 9.48. The van der Waals surface area contributed by atoms with E-state index in [1.54, 1.807) is 6.07 Å². The molecule has 0 aromatic heterocycles. The summed E-state index contributed by atoms with van der Waals surface area (Å²) < 4.78 is 15.0. The molecule has 0 aliphatic heterocycles. The third-order valence-corrected chi connectivity index (χ3v) is 4.07. The largest absolute Gasteiger partial charge is 0.329 e. The maximum atomic E-state index is 14.1. The van der Waals surface area contributed by atoms with Gasteiger partial charge in [0.1, 0.15) is 5.82 Å². The van der Waals surface area contributed by atoms with E-state index in [4.69, 9.17) is 5.73 Å². The first-order chi connectivity index (χ1) is 9.63. The fourth-order valence-electron chi connectivity index (χ4n) is 2.39. The van der Waals surface area contributed by atoms with Crippen LogP contribution in [-0.2, 0) is 0 Å². The summed E-state index contributed by atoms with van der Waals surface area (Å²) in [6.07, 6.45) is 4.52. The van der Waals surface area contributed by atoms with E-state index in [2.05, 4.69) is 34.7 Å². The molecule has 1 aromatic rings. The summed E-state index contributed by atoms with van der Waals surface area (Å²) in [7, 11) is 0. The number of unbranched alkanes of at least 4 members (excludes halogenated alkanes) is 2. The molecule has 0 saturated heterocycles. The Balaban J connectivity index is 2.94. The van der Waals surface area contributed by atoms with Crippen molar-refractivity contribution in [2.24, 2.45) is 5.73 Å². The number of benzene rings is 1. The quantitative estimate of drug-likeness (QED) is 0.714. The van der Waals surface area contributed by atoms with Crippen LogP contribution >= 0.6 is 15.9 Å². The molecule has 1 rings (SSSR count). The van der Waals surface area contributed by atoms with Crippen LogP contribution in [0, 0.1) is 5.82 Å². The van der Waals surface area contributed by atoms with E-state index in [0.29, 0.717) is 12.1 Å². The Hall–Kier alpha value is -0.450. The van der Waals surface area contributed by atoms with Gasteiger partial charge in [0, 0.05) is 22.6 Å². The molecule has 2 N–H and O–H groups in total. The Bertz CT molecular complexity index is 390. The van der Waals surface area contributed by atoms with E-state index in [1.807, 2.05) is 6.07 Å². The molecule has 0 spiro atoms. The summed E-state index contributed by atoms with van der Waals surface area (Å²) in [6.45, 7) is 6.75. The Kier molecular flexibility index (Phi) is 8.34. The topological polar surface area (TPSA) is 29.3 Å². The average Bonchev–Trinajstić information content (AvgIpc) is 2.45. The molecule has 0 amide bonds. The molecule has 20 heavy (non-hydrogen) atoms. The van der Waals surface area contributed by atoms with Gasteiger partial charge in [0.2, 0.25) is 0 Å². The van der Waals surface area contributed by atoms with Crippen molar-refractivity contribution >= 4 is 15.9 Å². The molecule has 1 atom stereocenters. The lowest BCUT2D eigenvalue weighted by molar-refractivity contribution is 0.192. The number of halogens is 2. The normalized spacial score (nSPS) is 12.9. The summed E-state index contributed by atoms with van der Waals surface area (Å²) in [6, 6.07) is 5.07. The Morgan fingerprint density at radius 3 is 2.30 bits per heavy atom. The third-order valence-electron chi connectivity index (χ3n) is 3.58. The van der Waals surface area contributed by atoms with E-state index < -0.39 is 0 Å².